The van der Waals surface area contributed by atoms with Crippen LogP contribution in [0.4, 0.5) is 5.69 Å². The van der Waals surface area contributed by atoms with Crippen LogP contribution >= 0.6 is 0 Å². The molecule has 29 heavy (non-hydrogen) atoms. The molecule has 7 heteroatoms. The van der Waals surface area contributed by atoms with Gasteiger partial charge in [0.1, 0.15) is 12.4 Å². The number of hydrogen-bond donors (Lipinski definition) is 3. The van der Waals surface area contributed by atoms with Gasteiger partial charge in [0.15, 0.2) is 0 Å². The molecule has 1 aromatic heterocycles. The van der Waals surface area contributed by atoms with Crippen molar-refractivity contribution in [2.45, 2.75) is 13.5 Å². The Bertz CT molecular complexity index is 931. The van der Waals surface area contributed by atoms with Crippen LogP contribution in [0, 0.1) is 6.92 Å². The summed E-state index contributed by atoms with van der Waals surface area (Å²) in [5.74, 6) is 5.80. The number of aryl methyl sites for hydroxylation is 1. The summed E-state index contributed by atoms with van der Waals surface area (Å²) in [6.45, 7) is 2.55. The van der Waals surface area contributed by atoms with Crippen LogP contribution in [-0.4, -0.2) is 25.6 Å². The van der Waals surface area contributed by atoms with Gasteiger partial charge in [0.2, 0.25) is 12.3 Å². The average Bonchev–Trinajstić information content (AvgIpc) is 2.78. The molecule has 0 saturated heterocycles. The zero-order valence-corrected chi connectivity index (χ0v) is 16.8. The summed E-state index contributed by atoms with van der Waals surface area (Å²) in [6.07, 6.45) is 0.403. The number of aromatic nitrogens is 1. The summed E-state index contributed by atoms with van der Waals surface area (Å²) in [6, 6.07) is 19.8. The highest BCUT2D eigenvalue weighted by atomic mass is 16.5. The van der Waals surface area contributed by atoms with Gasteiger partial charge in [0.05, 0.1) is 12.8 Å². The number of pyridine rings is 1. The van der Waals surface area contributed by atoms with Crippen molar-refractivity contribution >= 4 is 12.1 Å². The quantitative estimate of drug-likeness (QED) is 0.246. The van der Waals surface area contributed by atoms with Crippen LogP contribution in [0.2, 0.25) is 0 Å². The molecule has 1 heterocycles. The van der Waals surface area contributed by atoms with Crippen molar-refractivity contribution in [1.82, 2.24) is 10.4 Å². The van der Waals surface area contributed by atoms with Crippen molar-refractivity contribution < 1.29 is 14.3 Å². The SMILES string of the molecule is CNc1cccc(C)c1COc1cccc(-c2ccccc2OC)n1.NNC=O. The number of hydrazine groups is 1. The molecule has 3 rings (SSSR count). The molecule has 0 aliphatic heterocycles. The zero-order chi connectivity index (χ0) is 21.1. The molecule has 4 N–H and O–H groups in total. The average molecular weight is 394 g/mol. The van der Waals surface area contributed by atoms with Gasteiger partial charge in [-0.25, -0.2) is 10.8 Å². The van der Waals surface area contributed by atoms with Gasteiger partial charge in [-0.1, -0.05) is 30.3 Å². The van der Waals surface area contributed by atoms with Gasteiger partial charge in [-0.05, 0) is 36.8 Å². The minimum atomic E-state index is 0.403. The molecule has 1 amide bonds. The standard InChI is InChI=1S/C21H22N2O2.CH4N2O/c1-15-8-6-10-18(22-2)17(15)14-25-21-13-7-11-19(23-21)16-9-4-5-12-20(16)24-3;2-3-1-4/h4-13,22H,14H2,1-3H3;1H,2H2,(H,3,4). The van der Waals surface area contributed by atoms with Gasteiger partial charge < -0.3 is 14.8 Å². The van der Waals surface area contributed by atoms with Crippen molar-refractivity contribution in [3.05, 3.63) is 71.8 Å². The van der Waals surface area contributed by atoms with E-state index in [1.54, 1.807) is 12.5 Å². The Hall–Kier alpha value is -3.58. The molecule has 0 fully saturated rings. The first kappa shape index (κ1) is 21.7. The molecule has 7 nitrogen and oxygen atoms in total. The number of methoxy groups -OCH3 is 1. The van der Waals surface area contributed by atoms with Crippen molar-refractivity contribution in [3.8, 4) is 22.9 Å². The van der Waals surface area contributed by atoms with E-state index in [2.05, 4.69) is 29.1 Å². The molecule has 3 aromatic rings. The van der Waals surface area contributed by atoms with Gasteiger partial charge in [-0.3, -0.25) is 10.2 Å². The summed E-state index contributed by atoms with van der Waals surface area (Å²) < 4.78 is 11.4. The van der Waals surface area contributed by atoms with E-state index in [0.717, 1.165) is 28.3 Å². The first-order valence-electron chi connectivity index (χ1n) is 9.03. The Morgan fingerprint density at radius 1 is 1.07 bits per heavy atom. The van der Waals surface area contributed by atoms with Crippen molar-refractivity contribution in [2.24, 2.45) is 5.84 Å². The Balaban J connectivity index is 0.000000687. The summed E-state index contributed by atoms with van der Waals surface area (Å²) in [7, 11) is 3.58. The lowest BCUT2D eigenvalue weighted by Crippen LogP contribution is -2.18. The molecule has 0 bridgehead atoms. The molecule has 2 aromatic carbocycles. The Morgan fingerprint density at radius 2 is 1.79 bits per heavy atom. The van der Waals surface area contributed by atoms with Gasteiger partial charge in [-0.2, -0.15) is 0 Å². The number of nitrogens with one attached hydrogen (secondary N) is 2. The van der Waals surface area contributed by atoms with E-state index in [1.807, 2.05) is 61.6 Å². The fourth-order valence-corrected chi connectivity index (χ4v) is 2.78. The largest absolute Gasteiger partial charge is 0.496 e. The highest BCUT2D eigenvalue weighted by molar-refractivity contribution is 5.67. The normalized spacial score (nSPS) is 9.66. The predicted molar refractivity (Wildman–Crippen MR) is 115 cm³/mol. The van der Waals surface area contributed by atoms with Crippen LogP contribution in [0.1, 0.15) is 11.1 Å². The lowest BCUT2D eigenvalue weighted by molar-refractivity contribution is -0.109. The highest BCUT2D eigenvalue weighted by Gasteiger charge is 2.09. The Kier molecular flexibility index (Phi) is 8.47. The first-order chi connectivity index (χ1) is 14.1. The van der Waals surface area contributed by atoms with Crippen molar-refractivity contribution in [3.63, 3.8) is 0 Å². The van der Waals surface area contributed by atoms with Gasteiger partial charge in [0, 0.05) is 29.9 Å². The van der Waals surface area contributed by atoms with Crippen LogP contribution in [0.3, 0.4) is 0 Å². The fourth-order valence-electron chi connectivity index (χ4n) is 2.78. The Labute approximate surface area is 170 Å². The van der Waals surface area contributed by atoms with E-state index in [4.69, 9.17) is 14.3 Å². The first-order valence-corrected chi connectivity index (χ1v) is 9.03. The molecular weight excluding hydrogens is 368 g/mol. The molecule has 0 aliphatic carbocycles. The monoisotopic (exact) mass is 394 g/mol. The number of benzene rings is 2. The number of anilines is 1. The second-order valence-corrected chi connectivity index (χ2v) is 5.99. The molecule has 0 saturated carbocycles. The lowest BCUT2D eigenvalue weighted by atomic mass is 10.1. The molecule has 152 valence electrons. The number of nitrogens with zero attached hydrogens (tertiary/aromatic N) is 1. The minimum Gasteiger partial charge on any atom is -0.496 e. The summed E-state index contributed by atoms with van der Waals surface area (Å²) >= 11 is 0. The predicted octanol–water partition coefficient (Wildman–Crippen LogP) is 3.29. The Morgan fingerprint density at radius 3 is 2.48 bits per heavy atom. The summed E-state index contributed by atoms with van der Waals surface area (Å²) in [4.78, 5) is 13.6. The van der Waals surface area contributed by atoms with Gasteiger partial charge in [-0.15, -0.1) is 0 Å². The van der Waals surface area contributed by atoms with Crippen LogP contribution in [0.15, 0.2) is 60.7 Å². The number of ether oxygens (including phenoxy) is 2. The molecule has 0 aliphatic rings. The molecule has 0 atom stereocenters. The number of hydrogen-bond acceptors (Lipinski definition) is 6. The maximum atomic E-state index is 8.94. The van der Waals surface area contributed by atoms with E-state index in [9.17, 15) is 0 Å². The van der Waals surface area contributed by atoms with Crippen LogP contribution < -0.4 is 26.1 Å². The molecule has 0 unspecified atom stereocenters. The number of carbonyl (C=O) groups is 1. The molecular formula is C22H26N4O3. The number of rotatable bonds is 7. The van der Waals surface area contributed by atoms with E-state index < -0.39 is 0 Å². The number of para-hydroxylation sites is 1. The third kappa shape index (κ3) is 5.95. The number of carbonyl (C=O) groups excluding carboxylic acids is 1. The zero-order valence-electron chi connectivity index (χ0n) is 16.8. The highest BCUT2D eigenvalue weighted by Crippen LogP contribution is 2.29. The molecule has 0 spiro atoms. The van der Waals surface area contributed by atoms with Crippen LogP contribution in [0.5, 0.6) is 11.6 Å². The second-order valence-electron chi connectivity index (χ2n) is 5.99. The fraction of sp³-hybridized carbons (Fsp3) is 0.182. The second kappa shape index (κ2) is 11.3. The molecule has 0 radical (unpaired) electrons. The third-order valence-electron chi connectivity index (χ3n) is 4.22. The van der Waals surface area contributed by atoms with E-state index in [-0.39, 0.29) is 0 Å². The van der Waals surface area contributed by atoms with Gasteiger partial charge >= 0.3 is 0 Å². The maximum Gasteiger partial charge on any atom is 0.221 e. The summed E-state index contributed by atoms with van der Waals surface area (Å²) in [5, 5.41) is 3.21. The smallest absolute Gasteiger partial charge is 0.221 e. The van der Waals surface area contributed by atoms with Gasteiger partial charge in [0.25, 0.3) is 0 Å². The van der Waals surface area contributed by atoms with Crippen molar-refractivity contribution in [1.29, 1.82) is 0 Å². The third-order valence-corrected chi connectivity index (χ3v) is 4.22. The number of nitrogens with two attached hydrogens (primary N) is 1. The van der Waals surface area contributed by atoms with Crippen molar-refractivity contribution in [2.75, 3.05) is 19.5 Å². The lowest BCUT2D eigenvalue weighted by Gasteiger charge is -2.14. The topological polar surface area (TPSA) is 98.5 Å². The van der Waals surface area contributed by atoms with Crippen LogP contribution in [-0.2, 0) is 11.4 Å². The summed E-state index contributed by atoms with van der Waals surface area (Å²) in [5.41, 5.74) is 6.92. The number of amides is 1. The maximum absolute atomic E-state index is 8.94. The minimum absolute atomic E-state index is 0.403. The van der Waals surface area contributed by atoms with E-state index in [0.29, 0.717) is 18.9 Å². The van der Waals surface area contributed by atoms with E-state index in [1.165, 1.54) is 5.56 Å². The van der Waals surface area contributed by atoms with Crippen LogP contribution in [0.25, 0.3) is 11.3 Å². The van der Waals surface area contributed by atoms with E-state index >= 15 is 0 Å².